The molecule has 2 aromatic rings. The second-order valence-corrected chi connectivity index (χ2v) is 12.0. The third-order valence-electron chi connectivity index (χ3n) is 8.25. The number of piperidine rings is 1. The molecule has 0 radical (unpaired) electrons. The molecule has 2 heterocycles. The minimum atomic E-state index is -0.206. The summed E-state index contributed by atoms with van der Waals surface area (Å²) >= 11 is 1.54. The first-order chi connectivity index (χ1) is 16.6. The lowest BCUT2D eigenvalue weighted by Gasteiger charge is -2.29. The van der Waals surface area contributed by atoms with Crippen LogP contribution >= 0.6 is 11.8 Å². The van der Waals surface area contributed by atoms with Crippen LogP contribution in [0.4, 0.5) is 0 Å². The van der Waals surface area contributed by atoms with E-state index in [-0.39, 0.29) is 17.2 Å². The van der Waals surface area contributed by atoms with Crippen LogP contribution in [0.1, 0.15) is 70.2 Å². The summed E-state index contributed by atoms with van der Waals surface area (Å²) in [4.78, 5) is 15.6. The first-order valence-electron chi connectivity index (χ1n) is 13.2. The number of thioether (sulfide) groups is 1. The number of rotatable bonds is 9. The van der Waals surface area contributed by atoms with Gasteiger partial charge in [0.05, 0.1) is 18.3 Å². The van der Waals surface area contributed by atoms with Gasteiger partial charge in [0.15, 0.2) is 5.16 Å². The third kappa shape index (κ3) is 5.51. The number of nitrogens with zero attached hydrogens (tertiary/aromatic N) is 4. The molecule has 1 aliphatic heterocycles. The normalized spacial score (nSPS) is 26.5. The highest BCUT2D eigenvalue weighted by molar-refractivity contribution is 8.00. The lowest BCUT2D eigenvalue weighted by molar-refractivity contribution is -0.121. The van der Waals surface area contributed by atoms with Gasteiger partial charge in [0.1, 0.15) is 5.82 Å². The predicted molar refractivity (Wildman–Crippen MR) is 137 cm³/mol. The number of hydrogen-bond acceptors (Lipinski definition) is 5. The molecule has 3 aliphatic rings. The predicted octanol–water partition coefficient (Wildman–Crippen LogP) is 4.73. The molecule has 5 atom stereocenters. The average Bonchev–Trinajstić information content (AvgIpc) is 3.58. The van der Waals surface area contributed by atoms with Crippen molar-refractivity contribution in [2.24, 2.45) is 17.8 Å². The Morgan fingerprint density at radius 2 is 1.85 bits per heavy atom. The molecule has 0 spiro atoms. The van der Waals surface area contributed by atoms with Crippen LogP contribution in [0.5, 0.6) is 0 Å². The molecule has 1 saturated heterocycles. The highest BCUT2D eigenvalue weighted by atomic mass is 32.2. The first kappa shape index (κ1) is 23.9. The molecule has 2 saturated carbocycles. The van der Waals surface area contributed by atoms with Crippen LogP contribution in [0.3, 0.4) is 0 Å². The molecule has 0 unspecified atom stereocenters. The molecular formula is C27H39N5OS. The summed E-state index contributed by atoms with van der Waals surface area (Å²) < 4.78 is 2.22. The van der Waals surface area contributed by atoms with Crippen molar-refractivity contribution in [2.75, 3.05) is 13.1 Å². The number of carbonyl (C=O) groups excluding carboxylic acids is 1. The van der Waals surface area contributed by atoms with Crippen molar-refractivity contribution in [1.29, 1.82) is 0 Å². The monoisotopic (exact) mass is 481 g/mol. The fourth-order valence-corrected chi connectivity index (χ4v) is 7.21. The molecule has 2 aliphatic carbocycles. The first-order valence-corrected chi connectivity index (χ1v) is 14.1. The van der Waals surface area contributed by atoms with Gasteiger partial charge in [-0.25, -0.2) is 0 Å². The smallest absolute Gasteiger partial charge is 0.233 e. The maximum atomic E-state index is 13.1. The molecule has 6 nitrogen and oxygen atoms in total. The molecule has 1 N–H and O–H groups in total. The van der Waals surface area contributed by atoms with Gasteiger partial charge in [-0.05, 0) is 82.4 Å². The van der Waals surface area contributed by atoms with E-state index >= 15 is 0 Å². The average molecular weight is 482 g/mol. The van der Waals surface area contributed by atoms with Crippen LogP contribution in [0.2, 0.25) is 0 Å². The van der Waals surface area contributed by atoms with Gasteiger partial charge >= 0.3 is 0 Å². The summed E-state index contributed by atoms with van der Waals surface area (Å²) in [6.45, 7) is 8.01. The maximum Gasteiger partial charge on any atom is 0.233 e. The number of fused-ring (bicyclic) bond motifs is 2. The van der Waals surface area contributed by atoms with Gasteiger partial charge < -0.3 is 9.88 Å². The van der Waals surface area contributed by atoms with Crippen molar-refractivity contribution >= 4 is 17.7 Å². The number of benzene rings is 1. The summed E-state index contributed by atoms with van der Waals surface area (Å²) in [7, 11) is 0. The summed E-state index contributed by atoms with van der Waals surface area (Å²) in [5.74, 6) is 3.48. The van der Waals surface area contributed by atoms with Crippen molar-refractivity contribution in [3.05, 3.63) is 41.7 Å². The highest BCUT2D eigenvalue weighted by Crippen LogP contribution is 2.49. The summed E-state index contributed by atoms with van der Waals surface area (Å²) in [5.41, 5.74) is 1.23. The van der Waals surface area contributed by atoms with Crippen LogP contribution in [-0.4, -0.2) is 50.0 Å². The van der Waals surface area contributed by atoms with E-state index in [4.69, 9.17) is 0 Å². The van der Waals surface area contributed by atoms with Crippen molar-refractivity contribution in [1.82, 2.24) is 25.0 Å². The molecular weight excluding hydrogens is 442 g/mol. The van der Waals surface area contributed by atoms with E-state index in [1.807, 2.05) is 13.0 Å². The second kappa shape index (κ2) is 10.8. The lowest BCUT2D eigenvalue weighted by atomic mass is 9.84. The topological polar surface area (TPSA) is 63.1 Å². The number of hydrogen-bond donors (Lipinski definition) is 1. The van der Waals surface area contributed by atoms with E-state index in [2.05, 4.69) is 56.2 Å². The second-order valence-electron chi connectivity index (χ2n) is 10.7. The van der Waals surface area contributed by atoms with E-state index in [0.29, 0.717) is 5.92 Å². The SMILES string of the molecule is C[C@H](Sc1nnc(CN2CCCCC2)n1Cc1ccccc1)C(=O)N[C@@H](C)[C@@H]1C[C@@H]2CC[C@@H]1C2. The van der Waals surface area contributed by atoms with E-state index in [1.165, 1.54) is 62.3 Å². The Morgan fingerprint density at radius 1 is 1.06 bits per heavy atom. The zero-order valence-corrected chi connectivity index (χ0v) is 21.5. The number of amides is 1. The van der Waals surface area contributed by atoms with Gasteiger partial charge in [0.2, 0.25) is 5.91 Å². The molecule has 1 aromatic heterocycles. The molecule has 1 amide bonds. The molecule has 34 heavy (non-hydrogen) atoms. The zero-order valence-electron chi connectivity index (χ0n) is 20.7. The van der Waals surface area contributed by atoms with Crippen LogP contribution in [0.15, 0.2) is 35.5 Å². The Balaban J connectivity index is 1.26. The summed E-state index contributed by atoms with van der Waals surface area (Å²) in [5, 5.41) is 13.1. The molecule has 5 rings (SSSR count). The van der Waals surface area contributed by atoms with E-state index in [0.717, 1.165) is 49.0 Å². The molecule has 7 heteroatoms. The van der Waals surface area contributed by atoms with Gasteiger partial charge in [-0.1, -0.05) is 54.9 Å². The van der Waals surface area contributed by atoms with Gasteiger partial charge in [0.25, 0.3) is 0 Å². The van der Waals surface area contributed by atoms with E-state index < -0.39 is 0 Å². The quantitative estimate of drug-likeness (QED) is 0.525. The fourth-order valence-electron chi connectivity index (χ4n) is 6.33. The fraction of sp³-hybridized carbons (Fsp3) is 0.667. The highest BCUT2D eigenvalue weighted by Gasteiger charge is 2.42. The standard InChI is InChI=1S/C27H39N5OS/c1-19(24-16-22-11-12-23(24)15-22)28-26(33)20(2)34-27-30-29-25(18-31-13-7-4-8-14-31)32(27)17-21-9-5-3-6-10-21/h3,5-6,9-10,19-20,22-24H,4,7-8,11-18H2,1-2H3,(H,28,33)/t19-,20-,22+,23+,24-/m0/s1. The lowest BCUT2D eigenvalue weighted by Crippen LogP contribution is -2.43. The molecule has 1 aromatic carbocycles. The molecule has 3 fully saturated rings. The Morgan fingerprint density at radius 3 is 2.56 bits per heavy atom. The number of nitrogens with one attached hydrogen (secondary N) is 1. The van der Waals surface area contributed by atoms with Crippen molar-refractivity contribution in [3.63, 3.8) is 0 Å². The summed E-state index contributed by atoms with van der Waals surface area (Å²) in [6, 6.07) is 10.7. The maximum absolute atomic E-state index is 13.1. The number of carbonyl (C=O) groups is 1. The van der Waals surface area contributed by atoms with Crippen LogP contribution < -0.4 is 5.32 Å². The Hall–Kier alpha value is -1.86. The Bertz CT molecular complexity index is 957. The van der Waals surface area contributed by atoms with Crippen LogP contribution in [-0.2, 0) is 17.9 Å². The van der Waals surface area contributed by atoms with Crippen molar-refractivity contribution in [3.8, 4) is 0 Å². The minimum absolute atomic E-state index is 0.118. The van der Waals surface area contributed by atoms with E-state index in [9.17, 15) is 4.79 Å². The Labute approximate surface area is 208 Å². The largest absolute Gasteiger partial charge is 0.352 e. The molecule has 2 bridgehead atoms. The van der Waals surface area contributed by atoms with Crippen molar-refractivity contribution < 1.29 is 4.79 Å². The molecule has 184 valence electrons. The van der Waals surface area contributed by atoms with Gasteiger partial charge in [-0.3, -0.25) is 9.69 Å². The van der Waals surface area contributed by atoms with Gasteiger partial charge in [-0.2, -0.15) is 0 Å². The van der Waals surface area contributed by atoms with Crippen LogP contribution in [0.25, 0.3) is 0 Å². The zero-order chi connectivity index (χ0) is 23.5. The van der Waals surface area contributed by atoms with E-state index in [1.54, 1.807) is 0 Å². The number of aromatic nitrogens is 3. The minimum Gasteiger partial charge on any atom is -0.352 e. The van der Waals surface area contributed by atoms with Gasteiger partial charge in [0, 0.05) is 6.04 Å². The number of likely N-dealkylation sites (tertiary alicyclic amines) is 1. The third-order valence-corrected chi connectivity index (χ3v) is 9.33. The van der Waals surface area contributed by atoms with Crippen LogP contribution in [0, 0.1) is 17.8 Å². The van der Waals surface area contributed by atoms with Crippen molar-refractivity contribution in [2.45, 2.75) is 88.3 Å². The Kier molecular flexibility index (Phi) is 7.59. The van der Waals surface area contributed by atoms with Gasteiger partial charge in [-0.15, -0.1) is 10.2 Å². The summed E-state index contributed by atoms with van der Waals surface area (Å²) in [6.07, 6.45) is 9.24.